The Labute approximate surface area is 117 Å². The van der Waals surface area contributed by atoms with Gasteiger partial charge < -0.3 is 8.98 Å². The third-order valence-corrected chi connectivity index (χ3v) is 3.51. The van der Waals surface area contributed by atoms with E-state index in [2.05, 4.69) is 0 Å². The van der Waals surface area contributed by atoms with Crippen molar-refractivity contribution in [1.82, 2.24) is 4.57 Å². The molecule has 3 rings (SSSR count). The van der Waals surface area contributed by atoms with Crippen LogP contribution in [-0.2, 0) is 13.5 Å². The van der Waals surface area contributed by atoms with Gasteiger partial charge in [0.05, 0.1) is 11.9 Å². The first kappa shape index (κ1) is 13.7. The first-order valence-electron chi connectivity index (χ1n) is 6.34. The van der Waals surface area contributed by atoms with E-state index in [1.54, 1.807) is 6.07 Å². The number of aryl methyl sites for hydroxylation is 2. The summed E-state index contributed by atoms with van der Waals surface area (Å²) in [7, 11) is 1.86. The molecule has 1 aromatic carbocycles. The Morgan fingerprint density at radius 3 is 2.67 bits per heavy atom. The lowest BCUT2D eigenvalue weighted by Crippen LogP contribution is -2.18. The zero-order valence-electron chi connectivity index (χ0n) is 11.4. The van der Waals surface area contributed by atoms with Gasteiger partial charge in [0.25, 0.3) is 0 Å². The average Bonchev–Trinajstić information content (AvgIpc) is 2.64. The van der Waals surface area contributed by atoms with Gasteiger partial charge in [-0.25, -0.2) is 4.79 Å². The number of benzene rings is 1. The smallest absolute Gasteiger partial charge is 0.393 e. The second-order valence-corrected chi connectivity index (χ2v) is 5.15. The van der Waals surface area contributed by atoms with Crippen LogP contribution < -0.4 is 5.63 Å². The molecule has 3 aromatic rings. The third-order valence-electron chi connectivity index (χ3n) is 3.51. The third kappa shape index (κ3) is 2.30. The summed E-state index contributed by atoms with van der Waals surface area (Å²) in [6.07, 6.45) is -3.83. The van der Waals surface area contributed by atoms with E-state index in [0.29, 0.717) is 11.0 Å². The fourth-order valence-corrected chi connectivity index (χ4v) is 2.66. The van der Waals surface area contributed by atoms with Gasteiger partial charge in [-0.05, 0) is 30.7 Å². The van der Waals surface area contributed by atoms with Crippen LogP contribution in [0.5, 0.6) is 0 Å². The average molecular weight is 295 g/mol. The van der Waals surface area contributed by atoms with Crippen molar-refractivity contribution in [2.24, 2.45) is 7.05 Å². The predicted molar refractivity (Wildman–Crippen MR) is 73.5 cm³/mol. The number of alkyl halides is 3. The Morgan fingerprint density at radius 2 is 2.00 bits per heavy atom. The Balaban J connectivity index is 2.32. The maximum Gasteiger partial charge on any atom is 0.393 e. The number of nitrogens with zero attached hydrogens (tertiary/aromatic N) is 1. The normalized spacial score (nSPS) is 12.4. The fourth-order valence-electron chi connectivity index (χ4n) is 2.66. The van der Waals surface area contributed by atoms with Crippen LogP contribution in [0.25, 0.3) is 21.9 Å². The van der Waals surface area contributed by atoms with Crippen LogP contribution in [0.1, 0.15) is 11.1 Å². The van der Waals surface area contributed by atoms with E-state index in [4.69, 9.17) is 4.42 Å². The summed E-state index contributed by atoms with van der Waals surface area (Å²) in [4.78, 5) is 11.8. The molecule has 0 unspecified atom stereocenters. The molecule has 6 heteroatoms. The monoisotopic (exact) mass is 295 g/mol. The maximum atomic E-state index is 12.5. The number of halogens is 3. The summed E-state index contributed by atoms with van der Waals surface area (Å²) in [5, 5.41) is 1.25. The minimum absolute atomic E-state index is 0.335. The first-order valence-corrected chi connectivity index (χ1v) is 6.34. The molecule has 0 aliphatic heterocycles. The molecule has 0 bridgehead atoms. The number of hydrogen-bond donors (Lipinski definition) is 0. The summed E-state index contributed by atoms with van der Waals surface area (Å²) in [6, 6.07) is 4.74. The summed E-state index contributed by atoms with van der Waals surface area (Å²) < 4.78 is 44.4. The predicted octanol–water partition coefficient (Wildman–Crippen LogP) is 3.70. The lowest BCUT2D eigenvalue weighted by molar-refractivity contribution is -0.127. The number of fused-ring (bicyclic) bond motifs is 3. The Hall–Kier alpha value is -2.24. The van der Waals surface area contributed by atoms with E-state index >= 15 is 0 Å². The molecule has 0 aliphatic rings. The van der Waals surface area contributed by atoms with Crippen LogP contribution in [0, 0.1) is 6.92 Å². The topological polar surface area (TPSA) is 35.1 Å². The summed E-state index contributed by atoms with van der Waals surface area (Å²) in [5.74, 6) is 0. The van der Waals surface area contributed by atoms with Gasteiger partial charge in [-0.15, -0.1) is 0 Å². The van der Waals surface area contributed by atoms with Crippen molar-refractivity contribution in [3.8, 4) is 0 Å². The highest BCUT2D eigenvalue weighted by atomic mass is 19.4. The minimum atomic E-state index is -4.44. The number of aromatic nitrogens is 1. The van der Waals surface area contributed by atoms with Gasteiger partial charge in [-0.3, -0.25) is 0 Å². The molecule has 21 heavy (non-hydrogen) atoms. The van der Waals surface area contributed by atoms with Crippen LogP contribution in [-0.4, -0.2) is 10.7 Å². The van der Waals surface area contributed by atoms with E-state index in [1.165, 1.54) is 6.07 Å². The second kappa shape index (κ2) is 4.38. The minimum Gasteiger partial charge on any atom is -0.422 e. The van der Waals surface area contributed by atoms with Crippen LogP contribution in [0.3, 0.4) is 0 Å². The Bertz CT molecular complexity index is 903. The van der Waals surface area contributed by atoms with Crippen LogP contribution in [0.15, 0.2) is 33.6 Å². The van der Waals surface area contributed by atoms with Gasteiger partial charge in [0.1, 0.15) is 5.58 Å². The van der Waals surface area contributed by atoms with Gasteiger partial charge in [-0.1, -0.05) is 0 Å². The molecule has 0 aliphatic carbocycles. The summed E-state index contributed by atoms with van der Waals surface area (Å²) in [5.41, 5.74) is 0.802. The van der Waals surface area contributed by atoms with E-state index in [-0.39, 0.29) is 5.56 Å². The van der Waals surface area contributed by atoms with Gasteiger partial charge in [-0.2, -0.15) is 13.2 Å². The van der Waals surface area contributed by atoms with Crippen molar-refractivity contribution in [2.45, 2.75) is 19.5 Å². The van der Waals surface area contributed by atoms with Crippen molar-refractivity contribution < 1.29 is 17.6 Å². The van der Waals surface area contributed by atoms with Gasteiger partial charge in [0, 0.05) is 29.6 Å². The highest BCUT2D eigenvalue weighted by Crippen LogP contribution is 2.29. The summed E-state index contributed by atoms with van der Waals surface area (Å²) >= 11 is 0. The molecule has 0 N–H and O–H groups in total. The highest BCUT2D eigenvalue weighted by Gasteiger charge is 2.29. The Kier molecular flexibility index (Phi) is 2.86. The van der Waals surface area contributed by atoms with Crippen molar-refractivity contribution in [1.29, 1.82) is 0 Å². The molecular formula is C15H12F3NO2. The quantitative estimate of drug-likeness (QED) is 0.642. The van der Waals surface area contributed by atoms with Crippen LogP contribution in [0.2, 0.25) is 0 Å². The molecule has 0 radical (unpaired) electrons. The van der Waals surface area contributed by atoms with Crippen molar-refractivity contribution >= 4 is 21.9 Å². The molecule has 0 saturated heterocycles. The molecule has 3 nitrogen and oxygen atoms in total. The van der Waals surface area contributed by atoms with Gasteiger partial charge in [0.2, 0.25) is 0 Å². The molecule has 0 saturated carbocycles. The zero-order valence-corrected chi connectivity index (χ0v) is 11.4. The molecule has 0 amide bonds. The molecule has 110 valence electrons. The summed E-state index contributed by atoms with van der Waals surface area (Å²) in [6.45, 7) is 1.87. The molecule has 0 spiro atoms. The molecule has 2 aromatic heterocycles. The van der Waals surface area contributed by atoms with E-state index < -0.39 is 18.2 Å². The first-order chi connectivity index (χ1) is 9.76. The lowest BCUT2D eigenvalue weighted by Gasteiger charge is -2.07. The van der Waals surface area contributed by atoms with E-state index in [1.807, 2.05) is 30.8 Å². The Morgan fingerprint density at radius 1 is 1.29 bits per heavy atom. The van der Waals surface area contributed by atoms with Gasteiger partial charge in [0.15, 0.2) is 0 Å². The largest absolute Gasteiger partial charge is 0.422 e. The van der Waals surface area contributed by atoms with Crippen LogP contribution in [0.4, 0.5) is 13.2 Å². The molecule has 0 atom stereocenters. The van der Waals surface area contributed by atoms with Crippen molar-refractivity contribution in [3.05, 3.63) is 45.9 Å². The van der Waals surface area contributed by atoms with E-state index in [0.717, 1.165) is 16.5 Å². The molecular weight excluding hydrogens is 283 g/mol. The van der Waals surface area contributed by atoms with Crippen molar-refractivity contribution in [2.75, 3.05) is 0 Å². The van der Waals surface area contributed by atoms with E-state index in [9.17, 15) is 18.0 Å². The highest BCUT2D eigenvalue weighted by molar-refractivity contribution is 6.05. The second-order valence-electron chi connectivity index (χ2n) is 5.15. The number of hydrogen-bond acceptors (Lipinski definition) is 2. The van der Waals surface area contributed by atoms with Crippen molar-refractivity contribution in [3.63, 3.8) is 0 Å². The fraction of sp³-hybridized carbons (Fsp3) is 0.267. The zero-order chi connectivity index (χ0) is 15.4. The molecule has 0 fully saturated rings. The maximum absolute atomic E-state index is 12.5. The molecule has 2 heterocycles. The SMILES string of the molecule is Cc1cn(C)c2ccc3cc(CC(F)(F)F)c(=O)oc3c12. The lowest BCUT2D eigenvalue weighted by atomic mass is 10.1. The number of rotatable bonds is 1. The van der Waals surface area contributed by atoms with Crippen LogP contribution >= 0.6 is 0 Å². The van der Waals surface area contributed by atoms with Gasteiger partial charge >= 0.3 is 11.8 Å². The standard InChI is InChI=1S/C15H12F3NO2/c1-8-7-19(2)11-4-3-9-5-10(6-15(16,17)18)14(20)21-13(9)12(8)11/h3-5,7H,6H2,1-2H3.